The second kappa shape index (κ2) is 9.60. The lowest BCUT2D eigenvalue weighted by Gasteiger charge is -2.19. The second-order valence-corrected chi connectivity index (χ2v) is 6.07. The number of rotatable bonds is 7. The fourth-order valence-corrected chi connectivity index (χ4v) is 2.43. The molecule has 7 heteroatoms. The number of aromatic nitrogens is 1. The van der Waals surface area contributed by atoms with Crippen molar-refractivity contribution < 1.29 is 9.13 Å². The minimum atomic E-state index is -0.312. The molecule has 0 aliphatic carbocycles. The number of benzene rings is 1. The molecular formula is C19H26FN5O. The molecule has 1 atom stereocenters. The van der Waals surface area contributed by atoms with Crippen LogP contribution in [0, 0.1) is 5.82 Å². The number of hydrogen-bond donors (Lipinski definition) is 2. The van der Waals surface area contributed by atoms with Gasteiger partial charge in [-0.3, -0.25) is 4.99 Å². The Morgan fingerprint density at radius 3 is 2.77 bits per heavy atom. The molecule has 0 amide bonds. The first-order chi connectivity index (χ1) is 12.5. The van der Waals surface area contributed by atoms with Gasteiger partial charge < -0.3 is 20.3 Å². The van der Waals surface area contributed by atoms with Gasteiger partial charge in [-0.25, -0.2) is 9.37 Å². The molecule has 6 nitrogen and oxygen atoms in total. The zero-order valence-electron chi connectivity index (χ0n) is 15.7. The van der Waals surface area contributed by atoms with E-state index in [0.29, 0.717) is 24.8 Å². The molecule has 2 aromatic rings. The van der Waals surface area contributed by atoms with E-state index < -0.39 is 0 Å². The van der Waals surface area contributed by atoms with E-state index in [4.69, 9.17) is 4.74 Å². The van der Waals surface area contributed by atoms with Crippen LogP contribution in [0.1, 0.15) is 12.5 Å². The molecule has 1 heterocycles. The standard InChI is InChI=1S/C19H26FN5O/c1-14(26-17-9-5-8-16(20)11-17)12-23-19(21-2)24-13-15-7-6-10-22-18(15)25(3)4/h5-11,14H,12-13H2,1-4H3,(H2,21,23,24). The fourth-order valence-electron chi connectivity index (χ4n) is 2.43. The number of halogens is 1. The molecule has 26 heavy (non-hydrogen) atoms. The van der Waals surface area contributed by atoms with Crippen molar-refractivity contribution in [1.29, 1.82) is 0 Å². The highest BCUT2D eigenvalue weighted by Crippen LogP contribution is 2.14. The first-order valence-electron chi connectivity index (χ1n) is 8.47. The predicted molar refractivity (Wildman–Crippen MR) is 103 cm³/mol. The summed E-state index contributed by atoms with van der Waals surface area (Å²) in [6.45, 7) is 3.04. The maximum absolute atomic E-state index is 13.2. The number of guanidine groups is 1. The number of hydrogen-bond acceptors (Lipinski definition) is 4. The quantitative estimate of drug-likeness (QED) is 0.587. The van der Waals surface area contributed by atoms with Gasteiger partial charge >= 0.3 is 0 Å². The van der Waals surface area contributed by atoms with Gasteiger partial charge in [-0.2, -0.15) is 0 Å². The van der Waals surface area contributed by atoms with Crippen LogP contribution >= 0.6 is 0 Å². The normalized spacial score (nSPS) is 12.4. The van der Waals surface area contributed by atoms with Crippen LogP contribution < -0.4 is 20.3 Å². The highest BCUT2D eigenvalue weighted by Gasteiger charge is 2.08. The van der Waals surface area contributed by atoms with Crippen LogP contribution in [-0.2, 0) is 6.54 Å². The molecule has 0 radical (unpaired) electrons. The molecule has 2 rings (SSSR count). The van der Waals surface area contributed by atoms with Crippen molar-refractivity contribution in [2.45, 2.75) is 19.6 Å². The minimum Gasteiger partial charge on any atom is -0.489 e. The van der Waals surface area contributed by atoms with Crippen molar-refractivity contribution in [2.24, 2.45) is 4.99 Å². The topological polar surface area (TPSA) is 61.8 Å². The summed E-state index contributed by atoms with van der Waals surface area (Å²) in [6, 6.07) is 10.1. The molecule has 2 N–H and O–H groups in total. The van der Waals surface area contributed by atoms with Gasteiger partial charge in [0.15, 0.2) is 5.96 Å². The second-order valence-electron chi connectivity index (χ2n) is 6.07. The van der Waals surface area contributed by atoms with Crippen LogP contribution in [0.4, 0.5) is 10.2 Å². The van der Waals surface area contributed by atoms with Gasteiger partial charge in [0.25, 0.3) is 0 Å². The lowest BCUT2D eigenvalue weighted by atomic mass is 10.2. The molecule has 0 saturated heterocycles. The SMILES string of the molecule is CN=C(NCc1cccnc1N(C)C)NCC(C)Oc1cccc(F)c1. The van der Waals surface area contributed by atoms with Crippen molar-refractivity contribution in [3.63, 3.8) is 0 Å². The van der Waals surface area contributed by atoms with Gasteiger partial charge in [0.1, 0.15) is 23.5 Å². The molecule has 0 saturated carbocycles. The summed E-state index contributed by atoms with van der Waals surface area (Å²) in [5, 5.41) is 6.48. The zero-order chi connectivity index (χ0) is 18.9. The lowest BCUT2D eigenvalue weighted by molar-refractivity contribution is 0.223. The Labute approximate surface area is 154 Å². The van der Waals surface area contributed by atoms with Gasteiger partial charge in [-0.1, -0.05) is 12.1 Å². The van der Waals surface area contributed by atoms with Gasteiger partial charge in [0.2, 0.25) is 0 Å². The van der Waals surface area contributed by atoms with Crippen molar-refractivity contribution in [3.05, 3.63) is 54.0 Å². The lowest BCUT2D eigenvalue weighted by Crippen LogP contribution is -2.41. The van der Waals surface area contributed by atoms with Crippen LogP contribution in [-0.4, -0.2) is 44.7 Å². The first-order valence-corrected chi connectivity index (χ1v) is 8.47. The Bertz CT molecular complexity index is 735. The average molecular weight is 359 g/mol. The van der Waals surface area contributed by atoms with Crippen molar-refractivity contribution in [2.75, 3.05) is 32.6 Å². The van der Waals surface area contributed by atoms with E-state index in [2.05, 4.69) is 20.6 Å². The van der Waals surface area contributed by atoms with Gasteiger partial charge in [-0.05, 0) is 25.1 Å². The Balaban J connectivity index is 1.84. The molecule has 0 fully saturated rings. The van der Waals surface area contributed by atoms with Crippen molar-refractivity contribution in [1.82, 2.24) is 15.6 Å². The summed E-state index contributed by atoms with van der Waals surface area (Å²) in [7, 11) is 5.64. The number of nitrogens with zero attached hydrogens (tertiary/aromatic N) is 3. The summed E-state index contributed by atoms with van der Waals surface area (Å²) in [4.78, 5) is 10.6. The van der Waals surface area contributed by atoms with Crippen LogP contribution in [0.25, 0.3) is 0 Å². The first kappa shape index (κ1) is 19.5. The van der Waals surface area contributed by atoms with Crippen molar-refractivity contribution in [3.8, 4) is 5.75 Å². The van der Waals surface area contributed by atoms with E-state index in [-0.39, 0.29) is 11.9 Å². The number of aliphatic imine (C=N–C) groups is 1. The predicted octanol–water partition coefficient (Wildman–Crippen LogP) is 2.42. The largest absolute Gasteiger partial charge is 0.489 e. The Kier molecular flexibility index (Phi) is 7.20. The Morgan fingerprint density at radius 2 is 2.08 bits per heavy atom. The summed E-state index contributed by atoms with van der Waals surface area (Å²) in [5.41, 5.74) is 1.07. The molecule has 1 aromatic carbocycles. The third kappa shape index (κ3) is 5.91. The molecule has 140 valence electrons. The summed E-state index contributed by atoms with van der Waals surface area (Å²) in [5.74, 6) is 1.77. The van der Waals surface area contributed by atoms with E-state index in [1.807, 2.05) is 38.1 Å². The highest BCUT2D eigenvalue weighted by atomic mass is 19.1. The summed E-state index contributed by atoms with van der Waals surface area (Å²) in [6.07, 6.45) is 1.63. The smallest absolute Gasteiger partial charge is 0.191 e. The molecule has 0 aliphatic heterocycles. The van der Waals surface area contributed by atoms with E-state index in [9.17, 15) is 4.39 Å². The van der Waals surface area contributed by atoms with Crippen LogP contribution in [0.15, 0.2) is 47.6 Å². The van der Waals surface area contributed by atoms with Crippen LogP contribution in [0.2, 0.25) is 0 Å². The van der Waals surface area contributed by atoms with Gasteiger partial charge in [0.05, 0.1) is 6.54 Å². The minimum absolute atomic E-state index is 0.147. The molecule has 0 bridgehead atoms. The van der Waals surface area contributed by atoms with E-state index in [1.165, 1.54) is 12.1 Å². The molecule has 1 unspecified atom stereocenters. The number of pyridine rings is 1. The Hall–Kier alpha value is -2.83. The van der Waals surface area contributed by atoms with E-state index in [1.54, 1.807) is 25.4 Å². The average Bonchev–Trinajstić information content (AvgIpc) is 2.62. The molecule has 1 aromatic heterocycles. The van der Waals surface area contributed by atoms with Crippen molar-refractivity contribution >= 4 is 11.8 Å². The van der Waals surface area contributed by atoms with Crippen LogP contribution in [0.5, 0.6) is 5.75 Å². The number of anilines is 1. The van der Waals surface area contributed by atoms with E-state index in [0.717, 1.165) is 11.4 Å². The maximum Gasteiger partial charge on any atom is 0.191 e. The molecular weight excluding hydrogens is 333 g/mol. The third-order valence-corrected chi connectivity index (χ3v) is 3.65. The highest BCUT2D eigenvalue weighted by molar-refractivity contribution is 5.79. The summed E-state index contributed by atoms with van der Waals surface area (Å²) < 4.78 is 18.9. The summed E-state index contributed by atoms with van der Waals surface area (Å²) >= 11 is 0. The van der Waals surface area contributed by atoms with Gasteiger partial charge in [0, 0.05) is 45.5 Å². The molecule has 0 aliphatic rings. The monoisotopic (exact) mass is 359 g/mol. The number of nitrogens with one attached hydrogen (secondary N) is 2. The fraction of sp³-hybridized carbons (Fsp3) is 0.368. The zero-order valence-corrected chi connectivity index (χ0v) is 15.7. The third-order valence-electron chi connectivity index (χ3n) is 3.65. The Morgan fingerprint density at radius 1 is 1.27 bits per heavy atom. The maximum atomic E-state index is 13.2. The van der Waals surface area contributed by atoms with Crippen LogP contribution in [0.3, 0.4) is 0 Å². The van der Waals surface area contributed by atoms with Gasteiger partial charge in [-0.15, -0.1) is 0 Å². The molecule has 0 spiro atoms. The number of ether oxygens (including phenoxy) is 1. The van der Waals surface area contributed by atoms with E-state index >= 15 is 0 Å².